The van der Waals surface area contributed by atoms with Crippen LogP contribution in [0.25, 0.3) is 0 Å². The molecule has 3 nitrogen and oxygen atoms in total. The molecule has 0 atom stereocenters. The molecular weight excluding hydrogens is 199 g/mol. The summed E-state index contributed by atoms with van der Waals surface area (Å²) >= 11 is 3.92. The Morgan fingerprint density at radius 3 is 1.33 bits per heavy atom. The fraction of sp³-hybridized carbons (Fsp3) is 0. The Labute approximate surface area is 62.4 Å². The van der Waals surface area contributed by atoms with Gasteiger partial charge in [0.1, 0.15) is 0 Å². The van der Waals surface area contributed by atoms with Crippen LogP contribution < -0.4 is 17.4 Å². The van der Waals surface area contributed by atoms with Gasteiger partial charge in [0.25, 0.3) is 0 Å². The smallest absolute Gasteiger partial charge is 0 e. The third-order valence-electron chi connectivity index (χ3n) is 0. The van der Waals surface area contributed by atoms with Crippen LogP contribution in [-0.4, -0.2) is 5.49 Å². The largest absolute Gasteiger partial charge is 0.570 e. The second-order valence-corrected chi connectivity index (χ2v) is 0.354. The predicted molar refractivity (Wildman–Crippen MR) is 25.2 cm³/mol. The zero-order valence-corrected chi connectivity index (χ0v) is 8.20. The molecule has 0 saturated carbocycles. The van der Waals surface area contributed by atoms with Crippen LogP contribution in [0.4, 0.5) is 0 Å². The molecule has 0 fully saturated rings. The molecule has 0 heterocycles. The summed E-state index contributed by atoms with van der Waals surface area (Å²) in [5.41, 5.74) is 6.25. The first-order chi connectivity index (χ1) is 2.41. The Morgan fingerprint density at radius 2 is 1.33 bits per heavy atom. The van der Waals surface area contributed by atoms with Crippen LogP contribution >= 0.6 is 12.2 Å². The van der Waals surface area contributed by atoms with Crippen LogP contribution in [0.2, 0.25) is 0 Å². The maximum Gasteiger partial charge on any atom is 0 e. The van der Waals surface area contributed by atoms with E-state index in [1.54, 1.807) is 0 Å². The van der Waals surface area contributed by atoms with Gasteiger partial charge in [-0.3, -0.25) is 11.7 Å². The van der Waals surface area contributed by atoms with E-state index in [1.807, 2.05) is 5.49 Å². The van der Waals surface area contributed by atoms with Crippen molar-refractivity contribution >= 4 is 17.7 Å². The monoisotopic (exact) mass is 206 g/mol. The van der Waals surface area contributed by atoms with Crippen LogP contribution in [0.1, 0.15) is 0 Å². The molecule has 5 heteroatoms. The Hall–Kier alpha value is 0.732. The number of thiocarbonyl (C=S) groups is 1. The van der Waals surface area contributed by atoms with Gasteiger partial charge >= 0.3 is 0 Å². The fourth-order valence-electron chi connectivity index (χ4n) is 0. The van der Waals surface area contributed by atoms with Crippen molar-refractivity contribution in [2.24, 2.45) is 17.4 Å². The normalized spacial score (nSPS) is 3.00. The minimum Gasteiger partial charge on any atom is -0.570 e. The standard InChI is InChI=1S/CH2NS.Cd.H4N2/c2-1-3;;1-2/h(H2,2,3);;1-2H2/q-1;;. The molecule has 0 aromatic carbocycles. The maximum atomic E-state index is 4.41. The molecule has 6 N–H and O–H groups in total. The zero-order chi connectivity index (χ0) is 4.71. The van der Waals surface area contributed by atoms with E-state index in [0.717, 1.165) is 0 Å². The maximum absolute atomic E-state index is 4.41. The molecular formula is CH6CdN3S-. The van der Waals surface area contributed by atoms with E-state index in [9.17, 15) is 0 Å². The fourth-order valence-corrected chi connectivity index (χ4v) is 0. The van der Waals surface area contributed by atoms with Crippen molar-refractivity contribution in [3.8, 4) is 0 Å². The summed E-state index contributed by atoms with van der Waals surface area (Å²) in [6, 6.07) is 0. The van der Waals surface area contributed by atoms with E-state index in [1.165, 1.54) is 0 Å². The molecule has 0 rings (SSSR count). The molecule has 0 spiro atoms. The Kier molecular flexibility index (Phi) is 113. The second kappa shape index (κ2) is 42.8. The topological polar surface area (TPSA) is 78.1 Å². The molecule has 6 heavy (non-hydrogen) atoms. The van der Waals surface area contributed by atoms with Gasteiger partial charge in [0.05, 0.1) is 0 Å². The van der Waals surface area contributed by atoms with Crippen molar-refractivity contribution in [1.29, 1.82) is 0 Å². The number of nitrogens with two attached hydrogens (primary N) is 3. The van der Waals surface area contributed by atoms with Crippen molar-refractivity contribution in [1.82, 2.24) is 0 Å². The average molecular weight is 205 g/mol. The van der Waals surface area contributed by atoms with E-state index < -0.39 is 0 Å². The molecule has 0 aliphatic carbocycles. The van der Waals surface area contributed by atoms with E-state index in [4.69, 9.17) is 0 Å². The summed E-state index contributed by atoms with van der Waals surface area (Å²) in [5, 5.41) is 0. The third-order valence-corrected chi connectivity index (χ3v) is 0. The Balaban J connectivity index is -0.0000000275. The zero-order valence-electron chi connectivity index (χ0n) is 3.35. The summed E-state index contributed by atoms with van der Waals surface area (Å²) < 4.78 is 0. The summed E-state index contributed by atoms with van der Waals surface area (Å²) in [7, 11) is 0. The van der Waals surface area contributed by atoms with Crippen LogP contribution in [0.5, 0.6) is 0 Å². The molecule has 0 aromatic heterocycles. The predicted octanol–water partition coefficient (Wildman–Crippen LogP) is -1.40. The molecule has 0 amide bonds. The van der Waals surface area contributed by atoms with Crippen molar-refractivity contribution in [2.45, 2.75) is 0 Å². The van der Waals surface area contributed by atoms with Gasteiger partial charge < -0.3 is 23.4 Å². The molecule has 0 unspecified atom stereocenters. The molecule has 0 aliphatic heterocycles. The Bertz CT molecular complexity index is 18.3. The summed E-state index contributed by atoms with van der Waals surface area (Å²) in [6.45, 7) is 0. The van der Waals surface area contributed by atoms with Crippen LogP contribution in [0.3, 0.4) is 0 Å². The first-order valence-electron chi connectivity index (χ1n) is 0.826. The van der Waals surface area contributed by atoms with Gasteiger partial charge in [0.2, 0.25) is 0 Å². The van der Waals surface area contributed by atoms with E-state index in [2.05, 4.69) is 29.6 Å². The van der Waals surface area contributed by atoms with Crippen molar-refractivity contribution in [3.05, 3.63) is 0 Å². The quantitative estimate of drug-likeness (QED) is 0.113. The molecule has 0 aliphatic rings. The summed E-state index contributed by atoms with van der Waals surface area (Å²) in [4.78, 5) is 0. The molecule has 34 valence electrons. The van der Waals surface area contributed by atoms with Crippen LogP contribution in [0.15, 0.2) is 0 Å². The SMILES string of the molecule is NN.N[C-]=S.[Cd]. The van der Waals surface area contributed by atoms with Gasteiger partial charge in [-0.15, -0.1) is 0 Å². The number of hydrogen-bond acceptors (Lipinski definition) is 3. The van der Waals surface area contributed by atoms with Gasteiger partial charge in [-0.1, -0.05) is 0 Å². The van der Waals surface area contributed by atoms with E-state index in [0.29, 0.717) is 0 Å². The first-order valence-corrected chi connectivity index (χ1v) is 1.23. The summed E-state index contributed by atoms with van der Waals surface area (Å²) in [5.74, 6) is 8.00. The van der Waals surface area contributed by atoms with E-state index >= 15 is 0 Å². The Morgan fingerprint density at radius 1 is 1.33 bits per heavy atom. The van der Waals surface area contributed by atoms with Crippen molar-refractivity contribution in [3.63, 3.8) is 0 Å². The van der Waals surface area contributed by atoms with Gasteiger partial charge in [0.15, 0.2) is 0 Å². The minimum absolute atomic E-state index is 0. The van der Waals surface area contributed by atoms with Gasteiger partial charge in [-0.2, -0.15) is 0 Å². The van der Waals surface area contributed by atoms with Crippen LogP contribution in [-0.2, 0) is 27.3 Å². The average Bonchev–Trinajstić information content (AvgIpc) is 1.46. The molecule has 0 saturated heterocycles. The van der Waals surface area contributed by atoms with Gasteiger partial charge in [0, 0.05) is 27.3 Å². The summed E-state index contributed by atoms with van der Waals surface area (Å²) in [6.07, 6.45) is 0. The third kappa shape index (κ3) is 123. The van der Waals surface area contributed by atoms with Crippen molar-refractivity contribution < 1.29 is 27.3 Å². The molecule has 0 aromatic rings. The minimum atomic E-state index is 0. The van der Waals surface area contributed by atoms with E-state index in [-0.39, 0.29) is 27.3 Å². The van der Waals surface area contributed by atoms with Gasteiger partial charge in [-0.25, -0.2) is 0 Å². The first kappa shape index (κ1) is 15.9. The van der Waals surface area contributed by atoms with Gasteiger partial charge in [-0.05, 0) is 0 Å². The second-order valence-electron chi connectivity index (χ2n) is 0.118. The van der Waals surface area contributed by atoms with Crippen molar-refractivity contribution in [2.75, 3.05) is 0 Å². The number of rotatable bonds is 0. The number of hydrazine groups is 1. The van der Waals surface area contributed by atoms with Crippen LogP contribution in [0, 0.1) is 0 Å². The molecule has 0 radical (unpaired) electrons. The molecule has 0 bridgehead atoms. The number of hydrogen-bond donors (Lipinski definition) is 3.